The summed E-state index contributed by atoms with van der Waals surface area (Å²) >= 11 is 0. The van der Waals surface area contributed by atoms with E-state index in [1.807, 2.05) is 0 Å². The molecule has 2 aromatic carbocycles. The number of benzene rings is 2. The molecule has 0 fully saturated rings. The number of carbonyl (C=O) groups excluding carboxylic acids is 1. The van der Waals surface area contributed by atoms with Crippen LogP contribution < -0.4 is 10.1 Å². The summed E-state index contributed by atoms with van der Waals surface area (Å²) < 4.78 is 77.4. The van der Waals surface area contributed by atoms with Crippen LogP contribution in [0.1, 0.15) is 18.9 Å². The normalized spacial score (nSPS) is 12.4. The third-order valence-corrected chi connectivity index (χ3v) is 5.42. The zero-order chi connectivity index (χ0) is 30.6. The molecule has 1 atom stereocenters. The molecule has 41 heavy (non-hydrogen) atoms. The number of halogens is 5. The predicted molar refractivity (Wildman–Crippen MR) is 134 cm³/mol. The van der Waals surface area contributed by atoms with Crippen LogP contribution in [0, 0.1) is 10.1 Å². The van der Waals surface area contributed by atoms with Crippen LogP contribution in [-0.2, 0) is 20.7 Å². The van der Waals surface area contributed by atoms with E-state index in [0.29, 0.717) is 11.3 Å². The molecular formula is C25H28F5N3O8. The van der Waals surface area contributed by atoms with Crippen molar-refractivity contribution in [2.45, 2.75) is 38.2 Å². The van der Waals surface area contributed by atoms with Crippen molar-refractivity contribution in [3.63, 3.8) is 0 Å². The lowest BCUT2D eigenvalue weighted by Gasteiger charge is -2.24. The molecule has 16 heteroatoms. The van der Waals surface area contributed by atoms with E-state index in [2.05, 4.69) is 10.1 Å². The third-order valence-electron chi connectivity index (χ3n) is 5.42. The molecule has 0 radical (unpaired) electrons. The molecule has 0 aliphatic rings. The number of non-ortho nitro benzene ring substituents is 1. The van der Waals surface area contributed by atoms with E-state index < -0.39 is 41.9 Å². The fraction of sp³-hybridized carbons (Fsp3) is 0.440. The van der Waals surface area contributed by atoms with Crippen molar-refractivity contribution in [2.75, 3.05) is 38.2 Å². The second-order valence-electron chi connectivity index (χ2n) is 8.42. The Morgan fingerprint density at radius 3 is 2.20 bits per heavy atom. The Morgan fingerprint density at radius 1 is 1.02 bits per heavy atom. The molecule has 0 aliphatic carbocycles. The molecule has 2 N–H and O–H groups in total. The second kappa shape index (κ2) is 15.1. The van der Waals surface area contributed by atoms with E-state index in [0.717, 1.165) is 17.0 Å². The van der Waals surface area contributed by atoms with Crippen molar-refractivity contribution in [3.8, 4) is 5.75 Å². The first-order valence-electron chi connectivity index (χ1n) is 12.2. The maximum absolute atomic E-state index is 13.0. The molecule has 1 unspecified atom stereocenters. The van der Waals surface area contributed by atoms with Crippen molar-refractivity contribution in [2.24, 2.45) is 0 Å². The van der Waals surface area contributed by atoms with E-state index in [-0.39, 0.29) is 50.5 Å². The van der Waals surface area contributed by atoms with Crippen molar-refractivity contribution >= 4 is 23.4 Å². The van der Waals surface area contributed by atoms with Gasteiger partial charge in [0, 0.05) is 37.4 Å². The average molecular weight is 594 g/mol. The highest BCUT2D eigenvalue weighted by molar-refractivity contribution is 5.89. The van der Waals surface area contributed by atoms with Gasteiger partial charge >= 0.3 is 24.3 Å². The van der Waals surface area contributed by atoms with Gasteiger partial charge in [-0.15, -0.1) is 0 Å². The van der Waals surface area contributed by atoms with Crippen molar-refractivity contribution < 1.29 is 55.8 Å². The zero-order valence-electron chi connectivity index (χ0n) is 21.7. The van der Waals surface area contributed by atoms with Crippen LogP contribution in [0.25, 0.3) is 0 Å². The number of amides is 2. The summed E-state index contributed by atoms with van der Waals surface area (Å²) in [6.07, 6.45) is -12.5. The monoisotopic (exact) mass is 593 g/mol. The van der Waals surface area contributed by atoms with Gasteiger partial charge in [0.2, 0.25) is 0 Å². The summed E-state index contributed by atoms with van der Waals surface area (Å²) in [6.45, 7) is 0.375. The molecule has 0 aromatic heterocycles. The Kier molecular flexibility index (Phi) is 12.2. The van der Waals surface area contributed by atoms with Gasteiger partial charge in [0.25, 0.3) is 5.69 Å². The molecule has 0 spiro atoms. The van der Waals surface area contributed by atoms with Crippen LogP contribution in [0.3, 0.4) is 0 Å². The molecule has 2 rings (SSSR count). The zero-order valence-corrected chi connectivity index (χ0v) is 21.7. The van der Waals surface area contributed by atoms with E-state index in [1.54, 1.807) is 31.2 Å². The van der Waals surface area contributed by atoms with Crippen LogP contribution in [0.4, 0.5) is 38.1 Å². The number of carbonyl (C=O) groups is 2. The SMILES string of the molecule is CCOC(Cc1ccc(OCCN(CCCOC(F)(F)C(F)(F)F)C(=O)Nc2ccc([N+](=O)[O-])cc2)cc1)C(=O)O. The van der Waals surface area contributed by atoms with Gasteiger partial charge in [0.05, 0.1) is 18.1 Å². The van der Waals surface area contributed by atoms with E-state index in [1.165, 1.54) is 12.1 Å². The van der Waals surface area contributed by atoms with E-state index in [4.69, 9.17) is 9.47 Å². The second-order valence-corrected chi connectivity index (χ2v) is 8.42. The predicted octanol–water partition coefficient (Wildman–Crippen LogP) is 5.10. The van der Waals surface area contributed by atoms with Crippen LogP contribution >= 0.6 is 0 Å². The van der Waals surface area contributed by atoms with Crippen LogP contribution in [0.2, 0.25) is 0 Å². The van der Waals surface area contributed by atoms with Gasteiger partial charge in [-0.2, -0.15) is 22.0 Å². The number of rotatable bonds is 16. The largest absolute Gasteiger partial charge is 0.492 e. The molecule has 0 bridgehead atoms. The molecule has 0 saturated carbocycles. The Balaban J connectivity index is 1.99. The molecule has 11 nitrogen and oxygen atoms in total. The van der Waals surface area contributed by atoms with E-state index >= 15 is 0 Å². The highest BCUT2D eigenvalue weighted by Crippen LogP contribution is 2.36. The molecule has 226 valence electrons. The number of ether oxygens (including phenoxy) is 3. The fourth-order valence-electron chi connectivity index (χ4n) is 3.35. The Morgan fingerprint density at radius 2 is 1.66 bits per heavy atom. The molecule has 0 saturated heterocycles. The summed E-state index contributed by atoms with van der Waals surface area (Å²) in [4.78, 5) is 35.3. The van der Waals surface area contributed by atoms with Crippen LogP contribution in [0.15, 0.2) is 48.5 Å². The number of urea groups is 1. The summed E-state index contributed by atoms with van der Waals surface area (Å²) in [5.41, 5.74) is 0.616. The number of anilines is 1. The third kappa shape index (κ3) is 10.8. The Hall–Kier alpha value is -4.05. The standard InChI is InChI=1S/C25H28F5N3O8/c1-2-39-21(22(34)35)16-17-4-10-20(11-5-17)40-15-13-32(12-3-14-41-25(29,30)24(26,27)28)23(36)31-18-6-8-19(9-7-18)33(37)38/h4-11,21H,2-3,12-16H2,1H3,(H,31,36)(H,34,35). The maximum atomic E-state index is 13.0. The minimum Gasteiger partial charge on any atom is -0.492 e. The fourth-order valence-corrected chi connectivity index (χ4v) is 3.35. The smallest absolute Gasteiger partial charge is 0.482 e. The van der Waals surface area contributed by atoms with Crippen molar-refractivity contribution in [3.05, 3.63) is 64.2 Å². The lowest BCUT2D eigenvalue weighted by Crippen LogP contribution is -2.41. The maximum Gasteiger partial charge on any atom is 0.482 e. The van der Waals surface area contributed by atoms with Gasteiger partial charge in [-0.1, -0.05) is 12.1 Å². The summed E-state index contributed by atoms with van der Waals surface area (Å²) in [5, 5.41) is 22.5. The highest BCUT2D eigenvalue weighted by atomic mass is 19.4. The molecule has 2 amide bonds. The van der Waals surface area contributed by atoms with Gasteiger partial charge in [0.1, 0.15) is 12.4 Å². The highest BCUT2D eigenvalue weighted by Gasteiger charge is 2.59. The number of carboxylic acids is 1. The number of alkyl halides is 5. The number of aliphatic carboxylic acids is 1. The number of nitro benzene ring substituents is 1. The van der Waals surface area contributed by atoms with Gasteiger partial charge in [0.15, 0.2) is 6.10 Å². The van der Waals surface area contributed by atoms with Crippen molar-refractivity contribution in [1.29, 1.82) is 0 Å². The van der Waals surface area contributed by atoms with Gasteiger partial charge in [-0.25, -0.2) is 9.59 Å². The average Bonchev–Trinajstić information content (AvgIpc) is 2.90. The Labute approximate surface area is 230 Å². The number of carboxylic acid groups (broad SMARTS) is 1. The topological polar surface area (TPSA) is 140 Å². The molecule has 0 heterocycles. The minimum absolute atomic E-state index is 0.108. The summed E-state index contributed by atoms with van der Waals surface area (Å²) in [6, 6.07) is 10.4. The molecule has 0 aliphatic heterocycles. The first-order chi connectivity index (χ1) is 19.2. The summed E-state index contributed by atoms with van der Waals surface area (Å²) in [5.74, 6) is -0.743. The number of hydrogen-bond donors (Lipinski definition) is 2. The van der Waals surface area contributed by atoms with E-state index in [9.17, 15) is 46.8 Å². The quantitative estimate of drug-likeness (QED) is 0.119. The lowest BCUT2D eigenvalue weighted by molar-refractivity contribution is -0.391. The van der Waals surface area contributed by atoms with Crippen LogP contribution in [-0.4, -0.2) is 78.2 Å². The first-order valence-corrected chi connectivity index (χ1v) is 12.2. The van der Waals surface area contributed by atoms with Gasteiger partial charge < -0.3 is 29.5 Å². The number of nitrogens with zero attached hydrogens (tertiary/aromatic N) is 2. The van der Waals surface area contributed by atoms with Crippen LogP contribution in [0.5, 0.6) is 5.75 Å². The summed E-state index contributed by atoms with van der Waals surface area (Å²) in [7, 11) is 0. The Bertz CT molecular complexity index is 1150. The van der Waals surface area contributed by atoms with Gasteiger partial charge in [-0.05, 0) is 43.2 Å². The first kappa shape index (κ1) is 33.2. The number of hydrogen-bond acceptors (Lipinski definition) is 7. The minimum atomic E-state index is -5.89. The number of nitrogens with one attached hydrogen (secondary N) is 1. The lowest BCUT2D eigenvalue weighted by atomic mass is 10.1. The molecule has 2 aromatic rings. The van der Waals surface area contributed by atoms with Crippen molar-refractivity contribution in [1.82, 2.24) is 4.90 Å². The number of nitro groups is 1. The van der Waals surface area contributed by atoms with Gasteiger partial charge in [-0.3, -0.25) is 10.1 Å². The molecular weight excluding hydrogens is 565 g/mol.